The molecule has 110 valence electrons. The highest BCUT2D eigenvalue weighted by molar-refractivity contribution is 9.10. The molecule has 0 saturated heterocycles. The van der Waals surface area contributed by atoms with Crippen LogP contribution in [-0.4, -0.2) is 12.0 Å². The Labute approximate surface area is 131 Å². The highest BCUT2D eigenvalue weighted by Gasteiger charge is 2.16. The summed E-state index contributed by atoms with van der Waals surface area (Å²) in [5.41, 5.74) is 1.64. The molecule has 0 aliphatic heterocycles. The number of nitrogens with zero attached hydrogens (tertiary/aromatic N) is 1. The van der Waals surface area contributed by atoms with E-state index in [0.717, 1.165) is 11.3 Å². The summed E-state index contributed by atoms with van der Waals surface area (Å²) in [7, 11) is 1.86. The van der Waals surface area contributed by atoms with Crippen molar-refractivity contribution in [1.82, 2.24) is 5.32 Å². The van der Waals surface area contributed by atoms with Gasteiger partial charge in [-0.2, -0.15) is 0 Å². The number of rotatable bonds is 5. The number of ether oxygens (including phenoxy) is 1. The highest BCUT2D eigenvalue weighted by Crippen LogP contribution is 2.36. The number of para-hydroxylation sites is 1. The van der Waals surface area contributed by atoms with Crippen molar-refractivity contribution in [3.05, 3.63) is 62.1 Å². The lowest BCUT2D eigenvalue weighted by atomic mass is 10.2. The summed E-state index contributed by atoms with van der Waals surface area (Å²) in [6.45, 7) is 2.37. The summed E-state index contributed by atoms with van der Waals surface area (Å²) in [4.78, 5) is 10.5. The average molecular weight is 351 g/mol. The standard InChI is InChI=1S/C15H15BrN2O3/c1-10-7-15(12(16)8-13(10)18(19)20)21-14-6-4-3-5-11(14)9-17-2/h3-8,17H,9H2,1-2H3. The van der Waals surface area contributed by atoms with Crippen LogP contribution >= 0.6 is 15.9 Å². The predicted octanol–water partition coefficient (Wildman–Crippen LogP) is 4.18. The minimum Gasteiger partial charge on any atom is -0.456 e. The molecule has 0 spiro atoms. The number of halogens is 1. The summed E-state index contributed by atoms with van der Waals surface area (Å²) < 4.78 is 6.45. The number of nitrogens with one attached hydrogen (secondary N) is 1. The highest BCUT2D eigenvalue weighted by atomic mass is 79.9. The van der Waals surface area contributed by atoms with Crippen LogP contribution in [0.1, 0.15) is 11.1 Å². The van der Waals surface area contributed by atoms with E-state index in [1.54, 1.807) is 13.0 Å². The summed E-state index contributed by atoms with van der Waals surface area (Å²) >= 11 is 3.33. The maximum Gasteiger partial charge on any atom is 0.273 e. The van der Waals surface area contributed by atoms with Crippen LogP contribution in [0.25, 0.3) is 0 Å². The molecule has 0 fully saturated rings. The lowest BCUT2D eigenvalue weighted by Gasteiger charge is -2.12. The van der Waals surface area contributed by atoms with E-state index in [2.05, 4.69) is 21.2 Å². The Kier molecular flexibility index (Phi) is 4.93. The Hall–Kier alpha value is -1.92. The molecule has 0 radical (unpaired) electrons. The number of aryl methyl sites for hydroxylation is 1. The first-order chi connectivity index (χ1) is 10.0. The number of nitro groups is 1. The fraction of sp³-hybridized carbons (Fsp3) is 0.200. The van der Waals surface area contributed by atoms with Gasteiger partial charge in [-0.05, 0) is 42.0 Å². The third-order valence-corrected chi connectivity index (χ3v) is 3.63. The molecule has 0 amide bonds. The molecule has 2 aromatic rings. The van der Waals surface area contributed by atoms with Gasteiger partial charge in [-0.15, -0.1) is 0 Å². The molecule has 21 heavy (non-hydrogen) atoms. The van der Waals surface area contributed by atoms with Crippen LogP contribution < -0.4 is 10.1 Å². The normalized spacial score (nSPS) is 10.4. The Bertz CT molecular complexity index is 674. The van der Waals surface area contributed by atoms with Crippen molar-refractivity contribution in [3.63, 3.8) is 0 Å². The number of hydrogen-bond acceptors (Lipinski definition) is 4. The van der Waals surface area contributed by atoms with Gasteiger partial charge in [-0.1, -0.05) is 18.2 Å². The fourth-order valence-electron chi connectivity index (χ4n) is 1.98. The Morgan fingerprint density at radius 3 is 2.67 bits per heavy atom. The van der Waals surface area contributed by atoms with Gasteiger partial charge in [0, 0.05) is 23.7 Å². The van der Waals surface area contributed by atoms with Gasteiger partial charge in [0.1, 0.15) is 11.5 Å². The molecule has 0 aliphatic rings. The topological polar surface area (TPSA) is 64.4 Å². The Balaban J connectivity index is 2.36. The van der Waals surface area contributed by atoms with Crippen molar-refractivity contribution in [2.45, 2.75) is 13.5 Å². The summed E-state index contributed by atoms with van der Waals surface area (Å²) in [6.07, 6.45) is 0. The maximum absolute atomic E-state index is 10.9. The third kappa shape index (κ3) is 3.59. The van der Waals surface area contributed by atoms with E-state index in [0.29, 0.717) is 22.3 Å². The van der Waals surface area contributed by atoms with E-state index in [1.165, 1.54) is 6.07 Å². The number of nitro benzene ring substituents is 1. The van der Waals surface area contributed by atoms with Gasteiger partial charge in [0.05, 0.1) is 9.40 Å². The zero-order valence-corrected chi connectivity index (χ0v) is 13.3. The van der Waals surface area contributed by atoms with Crippen molar-refractivity contribution < 1.29 is 9.66 Å². The first-order valence-corrected chi connectivity index (χ1v) is 7.17. The molecule has 2 aromatic carbocycles. The molecule has 0 aliphatic carbocycles. The minimum atomic E-state index is -0.404. The van der Waals surface area contributed by atoms with Crippen LogP contribution in [0.2, 0.25) is 0 Å². The number of hydrogen-bond donors (Lipinski definition) is 1. The van der Waals surface area contributed by atoms with E-state index >= 15 is 0 Å². The second kappa shape index (κ2) is 6.69. The van der Waals surface area contributed by atoms with E-state index in [4.69, 9.17) is 4.74 Å². The molecule has 0 unspecified atom stereocenters. The zero-order chi connectivity index (χ0) is 15.4. The van der Waals surface area contributed by atoms with Crippen LogP contribution in [-0.2, 0) is 6.54 Å². The van der Waals surface area contributed by atoms with Crippen LogP contribution in [0, 0.1) is 17.0 Å². The monoisotopic (exact) mass is 350 g/mol. The van der Waals surface area contributed by atoms with E-state index in [-0.39, 0.29) is 5.69 Å². The van der Waals surface area contributed by atoms with Gasteiger partial charge in [0.2, 0.25) is 0 Å². The average Bonchev–Trinajstić information content (AvgIpc) is 2.44. The molecule has 2 rings (SSSR count). The van der Waals surface area contributed by atoms with Gasteiger partial charge >= 0.3 is 0 Å². The van der Waals surface area contributed by atoms with Crippen molar-refractivity contribution in [1.29, 1.82) is 0 Å². The number of benzene rings is 2. The largest absolute Gasteiger partial charge is 0.456 e. The third-order valence-electron chi connectivity index (χ3n) is 3.01. The van der Waals surface area contributed by atoms with Gasteiger partial charge < -0.3 is 10.1 Å². The molecule has 0 bridgehead atoms. The SMILES string of the molecule is CNCc1ccccc1Oc1cc(C)c([N+](=O)[O-])cc1Br. The van der Waals surface area contributed by atoms with Gasteiger partial charge in [-0.25, -0.2) is 0 Å². The molecule has 0 saturated carbocycles. The van der Waals surface area contributed by atoms with Crippen LogP contribution in [0.3, 0.4) is 0 Å². The minimum absolute atomic E-state index is 0.0673. The summed E-state index contributed by atoms with van der Waals surface area (Å²) in [5.74, 6) is 1.28. The molecule has 6 heteroatoms. The van der Waals surface area contributed by atoms with Crippen molar-refractivity contribution >= 4 is 21.6 Å². The van der Waals surface area contributed by atoms with Gasteiger partial charge in [0.15, 0.2) is 0 Å². The van der Waals surface area contributed by atoms with E-state index in [1.807, 2.05) is 31.3 Å². The molecule has 0 aromatic heterocycles. The van der Waals surface area contributed by atoms with E-state index in [9.17, 15) is 10.1 Å². The molecule has 0 heterocycles. The molecule has 1 N–H and O–H groups in total. The van der Waals surface area contributed by atoms with Crippen molar-refractivity contribution in [3.8, 4) is 11.5 Å². The lowest BCUT2D eigenvalue weighted by molar-refractivity contribution is -0.385. The fourth-order valence-corrected chi connectivity index (χ4v) is 2.39. The second-order valence-corrected chi connectivity index (χ2v) is 5.42. The summed E-state index contributed by atoms with van der Waals surface area (Å²) in [6, 6.07) is 10.8. The van der Waals surface area contributed by atoms with Crippen LogP contribution in [0.4, 0.5) is 5.69 Å². The predicted molar refractivity (Wildman–Crippen MR) is 84.8 cm³/mol. The Morgan fingerprint density at radius 2 is 2.00 bits per heavy atom. The zero-order valence-electron chi connectivity index (χ0n) is 11.7. The second-order valence-electron chi connectivity index (χ2n) is 4.57. The molecular formula is C15H15BrN2O3. The first-order valence-electron chi connectivity index (χ1n) is 6.38. The molecular weight excluding hydrogens is 336 g/mol. The van der Waals surface area contributed by atoms with E-state index < -0.39 is 4.92 Å². The van der Waals surface area contributed by atoms with Gasteiger partial charge in [0.25, 0.3) is 5.69 Å². The molecule has 5 nitrogen and oxygen atoms in total. The van der Waals surface area contributed by atoms with Gasteiger partial charge in [-0.3, -0.25) is 10.1 Å². The van der Waals surface area contributed by atoms with Crippen LogP contribution in [0.5, 0.6) is 11.5 Å². The quantitative estimate of drug-likeness (QED) is 0.648. The first kappa shape index (κ1) is 15.5. The van der Waals surface area contributed by atoms with Crippen molar-refractivity contribution in [2.24, 2.45) is 0 Å². The summed E-state index contributed by atoms with van der Waals surface area (Å²) in [5, 5.41) is 14.0. The lowest BCUT2D eigenvalue weighted by Crippen LogP contribution is -2.06. The van der Waals surface area contributed by atoms with Crippen molar-refractivity contribution in [2.75, 3.05) is 7.05 Å². The maximum atomic E-state index is 10.9. The van der Waals surface area contributed by atoms with Crippen LogP contribution in [0.15, 0.2) is 40.9 Å². The molecule has 0 atom stereocenters. The smallest absolute Gasteiger partial charge is 0.273 e. The Morgan fingerprint density at radius 1 is 1.29 bits per heavy atom.